The predicted molar refractivity (Wildman–Crippen MR) is 279 cm³/mol. The van der Waals surface area contributed by atoms with Gasteiger partial charge in [-0.2, -0.15) is 0 Å². The summed E-state index contributed by atoms with van der Waals surface area (Å²) in [5.74, 6) is 1.59. The molecule has 0 amide bonds. The lowest BCUT2D eigenvalue weighted by Gasteiger charge is -2.15. The molecule has 0 aliphatic heterocycles. The van der Waals surface area contributed by atoms with Crippen molar-refractivity contribution in [3.05, 3.63) is 237 Å². The molecule has 0 fully saturated rings. The van der Waals surface area contributed by atoms with Crippen LogP contribution in [0, 0.1) is 0 Å². The van der Waals surface area contributed by atoms with Gasteiger partial charge in [-0.1, -0.05) is 164 Å². The molecule has 14 aromatic rings. The fraction of sp³-hybridized carbons (Fsp3) is 0. The summed E-state index contributed by atoms with van der Waals surface area (Å²) in [7, 11) is 0. The molecule has 0 unspecified atom stereocenters. The molecule has 0 saturated heterocycles. The van der Waals surface area contributed by atoms with Crippen LogP contribution >= 0.6 is 0 Å². The van der Waals surface area contributed by atoms with Crippen LogP contribution in [-0.2, 0) is 0 Å². The van der Waals surface area contributed by atoms with Gasteiger partial charge in [0.2, 0.25) is 0 Å². The molecule has 0 radical (unpaired) electrons. The second-order valence-electron chi connectivity index (χ2n) is 17.4. The maximum absolute atomic E-state index is 6.60. The van der Waals surface area contributed by atoms with E-state index >= 15 is 0 Å². The number of rotatable bonds is 7. The zero-order valence-electron chi connectivity index (χ0n) is 36.7. The highest BCUT2D eigenvalue weighted by molar-refractivity contribution is 6.24. The van der Waals surface area contributed by atoms with Gasteiger partial charge in [-0.25, -0.2) is 0 Å². The molecule has 4 heterocycles. The van der Waals surface area contributed by atoms with Gasteiger partial charge in [0.1, 0.15) is 11.2 Å². The number of aromatic nitrogens is 5. The van der Waals surface area contributed by atoms with Gasteiger partial charge in [-0.05, 0) is 95.1 Å². The van der Waals surface area contributed by atoms with E-state index in [4.69, 9.17) is 14.6 Å². The van der Waals surface area contributed by atoms with Crippen LogP contribution < -0.4 is 0 Å². The second kappa shape index (κ2) is 15.2. The number of hydrogen-bond acceptors (Lipinski definition) is 3. The van der Waals surface area contributed by atoms with Crippen molar-refractivity contribution >= 4 is 65.6 Å². The van der Waals surface area contributed by atoms with E-state index in [1.807, 2.05) is 42.5 Å². The summed E-state index contributed by atoms with van der Waals surface area (Å²) in [6.07, 6.45) is 0. The van der Waals surface area contributed by atoms with E-state index in [2.05, 4.69) is 208 Å². The number of fused-ring (bicyclic) bond motifs is 10. The molecular weight excluding hydrogens is 831 g/mol. The normalized spacial score (nSPS) is 11.8. The molecule has 0 spiro atoms. The topological polar surface area (TPSA) is 53.7 Å². The van der Waals surface area contributed by atoms with Crippen LogP contribution in [0.15, 0.2) is 241 Å². The van der Waals surface area contributed by atoms with Gasteiger partial charge in [0, 0.05) is 49.4 Å². The lowest BCUT2D eigenvalue weighted by atomic mass is 9.94. The van der Waals surface area contributed by atoms with Gasteiger partial charge in [-0.15, -0.1) is 10.2 Å². The Hall–Kier alpha value is -9.26. The van der Waals surface area contributed by atoms with Crippen LogP contribution in [-0.4, -0.2) is 23.9 Å². The highest BCUT2D eigenvalue weighted by Gasteiger charge is 2.22. The Morgan fingerprint density at radius 2 is 0.779 bits per heavy atom. The molecule has 0 aliphatic rings. The van der Waals surface area contributed by atoms with Gasteiger partial charge < -0.3 is 13.6 Å². The standard InChI is InChI=1S/C62H39N5O/c1-3-17-40(18-4-1)61-63-64-62(41-19-5-2-6-20-41)67(61)46-33-35-56-53(39-46)49-27-9-12-30-54(49)65(56)44-23-15-21-42(37-44)47-25-7-8-26-48(47)43-22-16-24-45(38-43)66-55-31-13-10-29-52(55)59-57(66)36-34-51-50-28-11-14-32-58(50)68-60(51)59/h1-39H. The molecule has 318 valence electrons. The number of para-hydroxylation sites is 3. The third-order valence-corrected chi connectivity index (χ3v) is 13.6. The lowest BCUT2D eigenvalue weighted by molar-refractivity contribution is 0.673. The van der Waals surface area contributed by atoms with Crippen LogP contribution in [0.4, 0.5) is 0 Å². The molecule has 0 saturated carbocycles. The van der Waals surface area contributed by atoms with Crippen LogP contribution in [0.2, 0.25) is 0 Å². The Bertz CT molecular complexity index is 4210. The minimum absolute atomic E-state index is 0.795. The molecule has 6 nitrogen and oxygen atoms in total. The molecule has 4 aromatic heterocycles. The summed E-state index contributed by atoms with van der Waals surface area (Å²) in [6, 6.07) is 84.1. The van der Waals surface area contributed by atoms with Crippen LogP contribution in [0.5, 0.6) is 0 Å². The summed E-state index contributed by atoms with van der Waals surface area (Å²) in [5.41, 5.74) is 16.1. The molecule has 68 heavy (non-hydrogen) atoms. The Morgan fingerprint density at radius 1 is 0.294 bits per heavy atom. The van der Waals surface area contributed by atoms with E-state index in [0.29, 0.717) is 0 Å². The van der Waals surface area contributed by atoms with Crippen molar-refractivity contribution < 1.29 is 4.42 Å². The quantitative estimate of drug-likeness (QED) is 0.160. The highest BCUT2D eigenvalue weighted by Crippen LogP contribution is 2.42. The molecule has 0 atom stereocenters. The minimum Gasteiger partial charge on any atom is -0.455 e. The monoisotopic (exact) mass is 869 g/mol. The van der Waals surface area contributed by atoms with Crippen LogP contribution in [0.1, 0.15) is 0 Å². The van der Waals surface area contributed by atoms with Gasteiger partial charge in [0.05, 0.1) is 33.1 Å². The van der Waals surface area contributed by atoms with Crippen molar-refractivity contribution in [2.75, 3.05) is 0 Å². The largest absolute Gasteiger partial charge is 0.455 e. The molecule has 0 N–H and O–H groups in total. The van der Waals surface area contributed by atoms with E-state index in [0.717, 1.165) is 117 Å². The number of hydrogen-bond donors (Lipinski definition) is 0. The van der Waals surface area contributed by atoms with Crippen molar-refractivity contribution in [1.29, 1.82) is 0 Å². The van der Waals surface area contributed by atoms with Crippen molar-refractivity contribution in [2.24, 2.45) is 0 Å². The van der Waals surface area contributed by atoms with Crippen LogP contribution in [0.3, 0.4) is 0 Å². The zero-order chi connectivity index (χ0) is 44.7. The van der Waals surface area contributed by atoms with E-state index in [1.54, 1.807) is 0 Å². The maximum Gasteiger partial charge on any atom is 0.168 e. The van der Waals surface area contributed by atoms with Crippen molar-refractivity contribution in [3.8, 4) is 62.1 Å². The van der Waals surface area contributed by atoms with E-state index in [-0.39, 0.29) is 0 Å². The molecule has 6 heteroatoms. The summed E-state index contributed by atoms with van der Waals surface area (Å²) in [5, 5.41) is 16.4. The zero-order valence-corrected chi connectivity index (χ0v) is 36.7. The van der Waals surface area contributed by atoms with Crippen molar-refractivity contribution in [3.63, 3.8) is 0 Å². The molecule has 0 aliphatic carbocycles. The molecule has 10 aromatic carbocycles. The Balaban J connectivity index is 0.892. The Morgan fingerprint density at radius 3 is 1.44 bits per heavy atom. The van der Waals surface area contributed by atoms with E-state index in [9.17, 15) is 0 Å². The van der Waals surface area contributed by atoms with Gasteiger partial charge in [-0.3, -0.25) is 4.57 Å². The van der Waals surface area contributed by atoms with Gasteiger partial charge >= 0.3 is 0 Å². The molecular formula is C62H39N5O. The third kappa shape index (κ3) is 5.84. The van der Waals surface area contributed by atoms with E-state index < -0.39 is 0 Å². The number of benzene rings is 10. The first-order valence-electron chi connectivity index (χ1n) is 23.0. The molecule has 0 bridgehead atoms. The Labute approximate surface area is 390 Å². The van der Waals surface area contributed by atoms with Crippen LogP contribution in [0.25, 0.3) is 128 Å². The van der Waals surface area contributed by atoms with Crippen molar-refractivity contribution in [2.45, 2.75) is 0 Å². The number of nitrogens with zero attached hydrogens (tertiary/aromatic N) is 5. The fourth-order valence-electron chi connectivity index (χ4n) is 10.6. The summed E-state index contributed by atoms with van der Waals surface area (Å²) in [6.45, 7) is 0. The van der Waals surface area contributed by atoms with Gasteiger partial charge in [0.25, 0.3) is 0 Å². The Kier molecular flexibility index (Phi) is 8.48. The van der Waals surface area contributed by atoms with Crippen molar-refractivity contribution in [1.82, 2.24) is 23.9 Å². The fourth-order valence-corrected chi connectivity index (χ4v) is 10.6. The smallest absolute Gasteiger partial charge is 0.168 e. The summed E-state index contributed by atoms with van der Waals surface area (Å²) >= 11 is 0. The third-order valence-electron chi connectivity index (χ3n) is 13.6. The first-order chi connectivity index (χ1) is 33.7. The summed E-state index contributed by atoms with van der Waals surface area (Å²) in [4.78, 5) is 0. The first-order valence-corrected chi connectivity index (χ1v) is 23.0. The minimum atomic E-state index is 0.795. The summed E-state index contributed by atoms with van der Waals surface area (Å²) < 4.78 is 13.6. The second-order valence-corrected chi connectivity index (χ2v) is 17.4. The maximum atomic E-state index is 6.60. The lowest BCUT2D eigenvalue weighted by Crippen LogP contribution is -2.01. The first kappa shape index (κ1) is 38.1. The highest BCUT2D eigenvalue weighted by atomic mass is 16.3. The average Bonchev–Trinajstić information content (AvgIpc) is 4.19. The average molecular weight is 870 g/mol. The SMILES string of the molecule is c1ccc(-c2nnc(-c3ccccc3)n2-c2ccc3c(c2)c2ccccc2n3-c2cccc(-c3ccccc3-c3cccc(-n4c5ccccc5c5c6oc7ccccc7c6ccc54)c3)c2)cc1. The molecule has 14 rings (SSSR count). The number of furan rings is 1. The van der Waals surface area contributed by atoms with Gasteiger partial charge in [0.15, 0.2) is 11.6 Å². The van der Waals surface area contributed by atoms with E-state index in [1.165, 1.54) is 10.8 Å². The predicted octanol–water partition coefficient (Wildman–Crippen LogP) is 16.0.